The lowest BCUT2D eigenvalue weighted by molar-refractivity contribution is -0.123. The number of piperidine rings is 1. The summed E-state index contributed by atoms with van der Waals surface area (Å²) in [6, 6.07) is 6.07. The molecule has 1 fully saturated rings. The van der Waals surface area contributed by atoms with E-state index in [1.165, 1.54) is 24.0 Å². The lowest BCUT2D eigenvalue weighted by Gasteiger charge is -2.32. The van der Waals surface area contributed by atoms with Crippen molar-refractivity contribution in [3.8, 4) is 0 Å². The van der Waals surface area contributed by atoms with Crippen LogP contribution in [0.15, 0.2) is 24.5 Å². The fourth-order valence-corrected chi connectivity index (χ4v) is 4.63. The summed E-state index contributed by atoms with van der Waals surface area (Å²) in [6.45, 7) is 6.42. The van der Waals surface area contributed by atoms with Gasteiger partial charge in [0.25, 0.3) is 6.47 Å². The molecule has 0 aliphatic carbocycles. The first kappa shape index (κ1) is 22.7. The van der Waals surface area contributed by atoms with Gasteiger partial charge in [-0.25, -0.2) is 15.0 Å². The molecule has 4 heterocycles. The van der Waals surface area contributed by atoms with Crippen LogP contribution in [-0.4, -0.2) is 50.1 Å². The van der Waals surface area contributed by atoms with Crippen LogP contribution in [0.4, 0.5) is 11.5 Å². The van der Waals surface area contributed by atoms with E-state index in [1.54, 1.807) is 6.33 Å². The molecule has 2 N–H and O–H groups in total. The van der Waals surface area contributed by atoms with E-state index in [-0.39, 0.29) is 18.3 Å². The molecule has 2 aromatic heterocycles. The van der Waals surface area contributed by atoms with Crippen molar-refractivity contribution in [3.63, 3.8) is 0 Å². The van der Waals surface area contributed by atoms with Gasteiger partial charge in [-0.1, -0.05) is 6.07 Å². The standard InChI is InChI=1S/C23H28N6O.CH2O2/c1-15-8-9-18(12-16(15)2)26-23(30)17-6-5-10-28(13-17)21-20-22(25-14-24-21)29-11-4-3-7-19(29)27-20;2-1-3/h8-9,12,14,17H,3-7,10-11,13H2,1-2H3,(H,26,30);1H,(H,2,3). The second-order valence-corrected chi connectivity index (χ2v) is 8.69. The number of carbonyl (C=O) groups excluding carboxylic acids is 1. The quantitative estimate of drug-likeness (QED) is 0.589. The Hall–Kier alpha value is -3.49. The number of carboxylic acid groups (broad SMARTS) is 1. The van der Waals surface area contributed by atoms with Gasteiger partial charge < -0.3 is 19.9 Å². The molecular weight excluding hydrogens is 420 g/mol. The molecule has 33 heavy (non-hydrogen) atoms. The molecule has 2 aliphatic rings. The smallest absolute Gasteiger partial charge is 0.290 e. The summed E-state index contributed by atoms with van der Waals surface area (Å²) in [6.07, 6.45) is 6.83. The van der Waals surface area contributed by atoms with Gasteiger partial charge in [0, 0.05) is 31.7 Å². The van der Waals surface area contributed by atoms with Crippen molar-refractivity contribution < 1.29 is 14.7 Å². The van der Waals surface area contributed by atoms with Crippen molar-refractivity contribution in [2.45, 2.75) is 52.5 Å². The third-order valence-corrected chi connectivity index (χ3v) is 6.49. The fourth-order valence-electron chi connectivity index (χ4n) is 4.63. The summed E-state index contributed by atoms with van der Waals surface area (Å²) < 4.78 is 2.23. The minimum Gasteiger partial charge on any atom is -0.483 e. The van der Waals surface area contributed by atoms with Gasteiger partial charge >= 0.3 is 0 Å². The van der Waals surface area contributed by atoms with E-state index in [0.717, 1.165) is 60.8 Å². The van der Waals surface area contributed by atoms with Gasteiger partial charge in [0.1, 0.15) is 12.2 Å². The van der Waals surface area contributed by atoms with E-state index in [4.69, 9.17) is 14.9 Å². The maximum atomic E-state index is 13.0. The molecule has 9 heteroatoms. The highest BCUT2D eigenvalue weighted by Crippen LogP contribution is 2.30. The number of hydrogen-bond acceptors (Lipinski definition) is 6. The molecule has 5 rings (SSSR count). The number of nitrogens with one attached hydrogen (secondary N) is 1. The number of aromatic nitrogens is 4. The van der Waals surface area contributed by atoms with Crippen molar-refractivity contribution in [2.75, 3.05) is 23.3 Å². The van der Waals surface area contributed by atoms with Gasteiger partial charge in [-0.3, -0.25) is 9.59 Å². The number of hydrogen-bond donors (Lipinski definition) is 2. The summed E-state index contributed by atoms with van der Waals surface area (Å²) in [5.41, 5.74) is 5.09. The Bertz CT molecular complexity index is 1160. The van der Waals surface area contributed by atoms with Crippen LogP contribution < -0.4 is 10.2 Å². The number of rotatable bonds is 3. The molecule has 174 valence electrons. The van der Waals surface area contributed by atoms with E-state index in [1.807, 2.05) is 12.1 Å². The van der Waals surface area contributed by atoms with Gasteiger partial charge in [0.2, 0.25) is 5.91 Å². The van der Waals surface area contributed by atoms with Crippen molar-refractivity contribution in [1.29, 1.82) is 0 Å². The van der Waals surface area contributed by atoms with Gasteiger partial charge in [0.05, 0.1) is 5.92 Å². The van der Waals surface area contributed by atoms with Crippen LogP contribution in [0.3, 0.4) is 0 Å². The van der Waals surface area contributed by atoms with E-state index in [2.05, 4.69) is 44.7 Å². The first-order valence-corrected chi connectivity index (χ1v) is 11.4. The number of imidazole rings is 1. The topological polar surface area (TPSA) is 113 Å². The Morgan fingerprint density at radius 2 is 1.97 bits per heavy atom. The molecule has 3 aromatic rings. The molecule has 1 amide bonds. The van der Waals surface area contributed by atoms with Gasteiger partial charge in [0.15, 0.2) is 17.0 Å². The van der Waals surface area contributed by atoms with E-state index in [9.17, 15) is 4.79 Å². The molecule has 0 bridgehead atoms. The molecule has 0 saturated carbocycles. The van der Waals surface area contributed by atoms with Crippen LogP contribution in [0.25, 0.3) is 11.2 Å². The lowest BCUT2D eigenvalue weighted by atomic mass is 9.97. The first-order valence-electron chi connectivity index (χ1n) is 11.4. The zero-order chi connectivity index (χ0) is 23.4. The molecule has 1 aromatic carbocycles. The molecule has 1 atom stereocenters. The van der Waals surface area contributed by atoms with Crippen LogP contribution in [0.2, 0.25) is 0 Å². The molecule has 9 nitrogen and oxygen atoms in total. The number of carbonyl (C=O) groups is 2. The van der Waals surface area contributed by atoms with Crippen molar-refractivity contribution in [2.24, 2.45) is 5.92 Å². The summed E-state index contributed by atoms with van der Waals surface area (Å²) in [4.78, 5) is 37.5. The van der Waals surface area contributed by atoms with Gasteiger partial charge in [-0.2, -0.15) is 0 Å². The molecule has 2 aliphatic heterocycles. The first-order chi connectivity index (χ1) is 16.0. The van der Waals surface area contributed by atoms with Crippen LogP contribution in [-0.2, 0) is 22.6 Å². The predicted molar refractivity (Wildman–Crippen MR) is 126 cm³/mol. The monoisotopic (exact) mass is 450 g/mol. The van der Waals surface area contributed by atoms with Crippen LogP contribution in [0.5, 0.6) is 0 Å². The second-order valence-electron chi connectivity index (χ2n) is 8.69. The Kier molecular flexibility index (Phi) is 6.86. The van der Waals surface area contributed by atoms with Crippen molar-refractivity contribution in [1.82, 2.24) is 19.5 Å². The Morgan fingerprint density at radius 3 is 2.76 bits per heavy atom. The van der Waals surface area contributed by atoms with Crippen LogP contribution >= 0.6 is 0 Å². The molecule has 1 unspecified atom stereocenters. The Labute approximate surface area is 192 Å². The average Bonchev–Trinajstić information content (AvgIpc) is 3.21. The number of nitrogens with zero attached hydrogens (tertiary/aromatic N) is 5. The van der Waals surface area contributed by atoms with E-state index >= 15 is 0 Å². The fraction of sp³-hybridized carbons (Fsp3) is 0.458. The number of amides is 1. The van der Waals surface area contributed by atoms with Crippen molar-refractivity contribution >= 4 is 35.0 Å². The number of benzene rings is 1. The summed E-state index contributed by atoms with van der Waals surface area (Å²) in [5.74, 6) is 1.99. The Morgan fingerprint density at radius 1 is 1.15 bits per heavy atom. The van der Waals surface area contributed by atoms with Gasteiger partial charge in [-0.05, 0) is 62.8 Å². The zero-order valence-electron chi connectivity index (χ0n) is 19.1. The van der Waals surface area contributed by atoms with E-state index < -0.39 is 0 Å². The molecule has 0 spiro atoms. The van der Waals surface area contributed by atoms with Crippen LogP contribution in [0.1, 0.15) is 42.6 Å². The zero-order valence-corrected chi connectivity index (χ0v) is 19.1. The van der Waals surface area contributed by atoms with E-state index in [0.29, 0.717) is 6.54 Å². The third kappa shape index (κ3) is 4.81. The molecular formula is C24H30N6O3. The number of aryl methyl sites for hydroxylation is 4. The lowest BCUT2D eigenvalue weighted by Crippen LogP contribution is -2.41. The summed E-state index contributed by atoms with van der Waals surface area (Å²) >= 11 is 0. The second kappa shape index (κ2) is 9.97. The number of fused-ring (bicyclic) bond motifs is 3. The highest BCUT2D eigenvalue weighted by molar-refractivity contribution is 5.93. The minimum atomic E-state index is -0.250. The predicted octanol–water partition coefficient (Wildman–Crippen LogP) is 3.34. The third-order valence-electron chi connectivity index (χ3n) is 6.49. The highest BCUT2D eigenvalue weighted by Gasteiger charge is 2.29. The average molecular weight is 451 g/mol. The molecule has 0 radical (unpaired) electrons. The SMILES string of the molecule is Cc1ccc(NC(=O)C2CCCN(c3ncnc4c3nc3n4CCCC3)C2)cc1C.O=CO. The van der Waals surface area contributed by atoms with Crippen LogP contribution in [0, 0.1) is 19.8 Å². The normalized spacial score (nSPS) is 17.6. The number of anilines is 2. The maximum Gasteiger partial charge on any atom is 0.290 e. The molecule has 1 saturated heterocycles. The maximum absolute atomic E-state index is 13.0. The summed E-state index contributed by atoms with van der Waals surface area (Å²) in [7, 11) is 0. The largest absolute Gasteiger partial charge is 0.483 e. The summed E-state index contributed by atoms with van der Waals surface area (Å²) in [5, 5.41) is 10.00. The van der Waals surface area contributed by atoms with Gasteiger partial charge in [-0.15, -0.1) is 0 Å². The highest BCUT2D eigenvalue weighted by atomic mass is 16.3. The Balaban J connectivity index is 0.000000821. The minimum absolute atomic E-state index is 0.0670. The van der Waals surface area contributed by atoms with Crippen molar-refractivity contribution in [3.05, 3.63) is 41.5 Å².